The summed E-state index contributed by atoms with van der Waals surface area (Å²) in [5, 5.41) is 0. The Bertz CT molecular complexity index is 328. The van der Waals surface area contributed by atoms with Gasteiger partial charge in [0.2, 0.25) is 0 Å². The molecule has 0 radical (unpaired) electrons. The summed E-state index contributed by atoms with van der Waals surface area (Å²) in [6, 6.07) is 0. The van der Waals surface area contributed by atoms with Crippen LogP contribution >= 0.6 is 14.7 Å². The molecule has 0 spiro atoms. The van der Waals surface area contributed by atoms with Gasteiger partial charge in [-0.3, -0.25) is 0 Å². The molecule has 0 aromatic carbocycles. The molecule has 0 aromatic rings. The molecule has 166 valence electrons. The molecular weight excluding hydrogens is 422 g/mol. The average Bonchev–Trinajstić information content (AvgIpc) is 2.56. The molecule has 0 rings (SSSR count). The van der Waals surface area contributed by atoms with E-state index in [9.17, 15) is 18.9 Å². The van der Waals surface area contributed by atoms with E-state index < -0.39 is 14.7 Å². The molecule has 0 aliphatic carbocycles. The second-order valence-electron chi connectivity index (χ2n) is 7.35. The van der Waals surface area contributed by atoms with Crippen molar-refractivity contribution in [3.05, 3.63) is 0 Å². The number of hydrogen-bond donors (Lipinski definition) is 0. The van der Waals surface area contributed by atoms with Crippen molar-refractivity contribution in [2.24, 2.45) is 0 Å². The Morgan fingerprint density at radius 3 is 0.815 bits per heavy atom. The predicted octanol–water partition coefficient (Wildman–Crippen LogP) is 6.01. The van der Waals surface area contributed by atoms with E-state index in [0.717, 1.165) is 77.0 Å². The molecule has 0 heterocycles. The molecule has 7 heteroatoms. The van der Waals surface area contributed by atoms with Crippen LogP contribution in [0.2, 0.25) is 0 Å². The maximum Gasteiger partial charge on any atom is 2.00 e. The first kappa shape index (κ1) is 32.6. The molecule has 4 nitrogen and oxygen atoms in total. The fourth-order valence-corrected chi connectivity index (χ4v) is 5.90. The summed E-state index contributed by atoms with van der Waals surface area (Å²) in [5.41, 5.74) is 0. The van der Waals surface area contributed by atoms with Crippen molar-refractivity contribution in [3.63, 3.8) is 0 Å². The second kappa shape index (κ2) is 21.6. The van der Waals surface area contributed by atoms with Gasteiger partial charge in [0, 0.05) is 14.7 Å². The first-order chi connectivity index (χ1) is 12.2. The standard InChI is InChI=1S/2C10H23O2P.Fe/c2*1-3-5-7-9-13(11,12)10-8-6-4-2;/h2*3-10H2,1-2H3,(H,11,12);/q;;+2/p-2. The molecule has 0 saturated carbocycles. The van der Waals surface area contributed by atoms with Gasteiger partial charge in [-0.15, -0.1) is 0 Å². The molecule has 0 aromatic heterocycles. The van der Waals surface area contributed by atoms with Crippen molar-refractivity contribution in [2.45, 2.75) is 105 Å². The van der Waals surface area contributed by atoms with Crippen LogP contribution in [0.15, 0.2) is 0 Å². The minimum atomic E-state index is -3.00. The molecular formula is C20H44FeO4P2. The summed E-state index contributed by atoms with van der Waals surface area (Å²) < 4.78 is 22.8. The van der Waals surface area contributed by atoms with E-state index in [1.165, 1.54) is 0 Å². The Hall–Kier alpha value is 0.899. The summed E-state index contributed by atoms with van der Waals surface area (Å²) in [6.07, 6.45) is 13.6. The summed E-state index contributed by atoms with van der Waals surface area (Å²) >= 11 is 0. The number of rotatable bonds is 16. The largest absolute Gasteiger partial charge is 2.00 e. The quantitative estimate of drug-likeness (QED) is 0.159. The van der Waals surface area contributed by atoms with Crippen LogP contribution in [0.4, 0.5) is 0 Å². The van der Waals surface area contributed by atoms with E-state index in [4.69, 9.17) is 0 Å². The van der Waals surface area contributed by atoms with Crippen LogP contribution in [0.1, 0.15) is 105 Å². The third kappa shape index (κ3) is 26.9. The van der Waals surface area contributed by atoms with Gasteiger partial charge in [0.05, 0.1) is 0 Å². The molecule has 0 aliphatic heterocycles. The Kier molecular flexibility index (Phi) is 26.1. The zero-order chi connectivity index (χ0) is 20.3. The maximum atomic E-state index is 11.4. The molecule has 0 unspecified atom stereocenters. The van der Waals surface area contributed by atoms with E-state index >= 15 is 0 Å². The van der Waals surface area contributed by atoms with Crippen molar-refractivity contribution >= 4 is 14.7 Å². The van der Waals surface area contributed by atoms with Gasteiger partial charge in [0.15, 0.2) is 0 Å². The minimum absolute atomic E-state index is 0. The topological polar surface area (TPSA) is 80.3 Å². The molecule has 0 aliphatic rings. The fourth-order valence-electron chi connectivity index (χ4n) is 2.63. The van der Waals surface area contributed by atoms with Crippen LogP contribution in [0, 0.1) is 0 Å². The van der Waals surface area contributed by atoms with Crippen LogP contribution in [-0.4, -0.2) is 24.6 Å². The second-order valence-corrected chi connectivity index (χ2v) is 12.4. The smallest absolute Gasteiger partial charge is 0.799 e. The number of unbranched alkanes of at least 4 members (excludes halogenated alkanes) is 8. The fraction of sp³-hybridized carbons (Fsp3) is 1.00. The minimum Gasteiger partial charge on any atom is -0.799 e. The monoisotopic (exact) mass is 466 g/mol. The Morgan fingerprint density at radius 1 is 0.481 bits per heavy atom. The van der Waals surface area contributed by atoms with Crippen LogP contribution in [0.25, 0.3) is 0 Å². The van der Waals surface area contributed by atoms with Gasteiger partial charge in [-0.25, -0.2) is 0 Å². The van der Waals surface area contributed by atoms with E-state index in [2.05, 4.69) is 27.7 Å². The molecule has 0 N–H and O–H groups in total. The van der Waals surface area contributed by atoms with Gasteiger partial charge < -0.3 is 18.9 Å². The zero-order valence-corrected chi connectivity index (χ0v) is 21.1. The van der Waals surface area contributed by atoms with E-state index in [-0.39, 0.29) is 17.1 Å². The van der Waals surface area contributed by atoms with Gasteiger partial charge in [0.25, 0.3) is 0 Å². The summed E-state index contributed by atoms with van der Waals surface area (Å²) in [6.45, 7) is 8.36. The van der Waals surface area contributed by atoms with Crippen molar-refractivity contribution in [3.8, 4) is 0 Å². The molecule has 27 heavy (non-hydrogen) atoms. The van der Waals surface area contributed by atoms with Gasteiger partial charge in [-0.2, -0.15) is 0 Å². The van der Waals surface area contributed by atoms with E-state index in [0.29, 0.717) is 24.6 Å². The summed E-state index contributed by atoms with van der Waals surface area (Å²) in [4.78, 5) is 22.8. The van der Waals surface area contributed by atoms with Crippen LogP contribution < -0.4 is 9.79 Å². The third-order valence-corrected chi connectivity index (χ3v) is 8.40. The van der Waals surface area contributed by atoms with E-state index in [1.807, 2.05) is 0 Å². The van der Waals surface area contributed by atoms with Gasteiger partial charge >= 0.3 is 17.1 Å². The summed E-state index contributed by atoms with van der Waals surface area (Å²) in [7, 11) is -6.00. The van der Waals surface area contributed by atoms with Gasteiger partial charge in [0.1, 0.15) is 0 Å². The average molecular weight is 466 g/mol. The van der Waals surface area contributed by atoms with Crippen LogP contribution in [0.3, 0.4) is 0 Å². The molecule has 0 fully saturated rings. The van der Waals surface area contributed by atoms with Crippen molar-refractivity contribution in [1.82, 2.24) is 0 Å². The SMILES string of the molecule is CCCCCP(=O)([O-])CCCCC.CCCCCP(=O)([O-])CCCCC.[Fe+2]. The van der Waals surface area contributed by atoms with Crippen LogP contribution in [0.5, 0.6) is 0 Å². The van der Waals surface area contributed by atoms with Crippen molar-refractivity contribution in [2.75, 3.05) is 24.6 Å². The van der Waals surface area contributed by atoms with E-state index in [1.54, 1.807) is 0 Å². The first-order valence-corrected chi connectivity index (χ1v) is 14.8. The number of hydrogen-bond acceptors (Lipinski definition) is 4. The predicted molar refractivity (Wildman–Crippen MR) is 113 cm³/mol. The van der Waals surface area contributed by atoms with Crippen LogP contribution in [-0.2, 0) is 26.2 Å². The first-order valence-electron chi connectivity index (χ1n) is 10.8. The zero-order valence-electron chi connectivity index (χ0n) is 18.2. The maximum absolute atomic E-state index is 11.4. The Morgan fingerprint density at radius 2 is 0.667 bits per heavy atom. The van der Waals surface area contributed by atoms with Gasteiger partial charge in [-0.05, 0) is 50.3 Å². The molecule has 0 saturated heterocycles. The third-order valence-electron chi connectivity index (χ3n) is 4.41. The van der Waals surface area contributed by atoms with Crippen molar-refractivity contribution < 1.29 is 36.0 Å². The molecule has 0 bridgehead atoms. The Balaban J connectivity index is -0.000000411. The summed E-state index contributed by atoms with van der Waals surface area (Å²) in [5.74, 6) is 0. The normalized spacial score (nSPS) is 11.5. The Labute approximate surface area is 180 Å². The molecule has 0 atom stereocenters. The molecule has 0 amide bonds. The van der Waals surface area contributed by atoms with Gasteiger partial charge in [-0.1, -0.05) is 79.1 Å². The van der Waals surface area contributed by atoms with Crippen molar-refractivity contribution in [1.29, 1.82) is 0 Å².